The molecule has 0 unspecified atom stereocenters. The van der Waals surface area contributed by atoms with Gasteiger partial charge in [0, 0.05) is 13.1 Å². The van der Waals surface area contributed by atoms with Gasteiger partial charge in [0.15, 0.2) is 0 Å². The van der Waals surface area contributed by atoms with E-state index in [1.807, 2.05) is 0 Å². The second-order valence-corrected chi connectivity index (χ2v) is 7.29. The molecule has 3 rings (SSSR count). The second-order valence-electron chi connectivity index (χ2n) is 5.28. The summed E-state index contributed by atoms with van der Waals surface area (Å²) in [6.45, 7) is 0.662. The van der Waals surface area contributed by atoms with E-state index in [9.17, 15) is 13.2 Å². The molecule has 0 amide bonds. The topological polar surface area (TPSA) is 74.7 Å². The van der Waals surface area contributed by atoms with Gasteiger partial charge in [0.05, 0.1) is 11.3 Å². The standard InChI is InChI=1S/C13H15NO4S/c15-13(16)10-3-4-11-6-14(7-12(11)5-10)19(17,18)8-9-1-2-9/h3-5,9H,1-2,6-8H2,(H,15,16). The third-order valence-corrected chi connectivity index (χ3v) is 5.62. The van der Waals surface area contributed by atoms with Crippen LogP contribution in [0.1, 0.15) is 34.3 Å². The van der Waals surface area contributed by atoms with Crippen LogP contribution in [0.3, 0.4) is 0 Å². The normalized spacial score (nSPS) is 19.4. The molecule has 2 aliphatic rings. The summed E-state index contributed by atoms with van der Waals surface area (Å²) >= 11 is 0. The molecule has 19 heavy (non-hydrogen) atoms. The Hall–Kier alpha value is -1.40. The minimum absolute atomic E-state index is 0.209. The molecule has 0 radical (unpaired) electrons. The highest BCUT2D eigenvalue weighted by molar-refractivity contribution is 7.89. The maximum atomic E-state index is 12.2. The predicted molar refractivity (Wildman–Crippen MR) is 69.2 cm³/mol. The summed E-state index contributed by atoms with van der Waals surface area (Å²) in [6, 6.07) is 4.81. The van der Waals surface area contributed by atoms with Crippen molar-refractivity contribution >= 4 is 16.0 Å². The molecule has 0 spiro atoms. The summed E-state index contributed by atoms with van der Waals surface area (Å²) < 4.78 is 25.8. The lowest BCUT2D eigenvalue weighted by Gasteiger charge is -2.14. The lowest BCUT2D eigenvalue weighted by atomic mass is 10.1. The first-order chi connectivity index (χ1) is 8.95. The average Bonchev–Trinajstić information content (AvgIpc) is 3.03. The van der Waals surface area contributed by atoms with Crippen LogP contribution in [-0.2, 0) is 23.1 Å². The average molecular weight is 281 g/mol. The van der Waals surface area contributed by atoms with Gasteiger partial charge < -0.3 is 5.11 Å². The van der Waals surface area contributed by atoms with Gasteiger partial charge in [-0.25, -0.2) is 13.2 Å². The van der Waals surface area contributed by atoms with Gasteiger partial charge in [-0.2, -0.15) is 4.31 Å². The third-order valence-electron chi connectivity index (χ3n) is 3.68. The van der Waals surface area contributed by atoms with Crippen LogP contribution in [0.15, 0.2) is 18.2 Å². The number of carboxylic acid groups (broad SMARTS) is 1. The van der Waals surface area contributed by atoms with E-state index < -0.39 is 16.0 Å². The van der Waals surface area contributed by atoms with Crippen LogP contribution in [0.4, 0.5) is 0 Å². The highest BCUT2D eigenvalue weighted by Gasteiger charge is 2.34. The Morgan fingerprint density at radius 3 is 2.58 bits per heavy atom. The Bertz CT molecular complexity index is 634. The van der Waals surface area contributed by atoms with Crippen molar-refractivity contribution in [2.45, 2.75) is 25.9 Å². The van der Waals surface area contributed by atoms with E-state index in [0.717, 1.165) is 24.0 Å². The van der Waals surface area contributed by atoms with Gasteiger partial charge in [-0.1, -0.05) is 6.07 Å². The van der Waals surface area contributed by atoms with Crippen molar-refractivity contribution < 1.29 is 18.3 Å². The predicted octanol–water partition coefficient (Wildman–Crippen LogP) is 1.44. The van der Waals surface area contributed by atoms with Gasteiger partial charge in [-0.05, 0) is 42.0 Å². The molecule has 1 aliphatic carbocycles. The maximum absolute atomic E-state index is 12.2. The first-order valence-corrected chi connectivity index (χ1v) is 7.89. The summed E-state index contributed by atoms with van der Waals surface area (Å²) in [7, 11) is -3.21. The van der Waals surface area contributed by atoms with Gasteiger partial charge in [0.2, 0.25) is 10.0 Å². The summed E-state index contributed by atoms with van der Waals surface area (Å²) in [5.41, 5.74) is 1.92. The molecule has 1 aromatic carbocycles. The molecule has 0 aromatic heterocycles. The summed E-state index contributed by atoms with van der Waals surface area (Å²) in [5, 5.41) is 8.94. The van der Waals surface area contributed by atoms with Gasteiger partial charge >= 0.3 is 5.97 Å². The number of rotatable bonds is 4. The number of sulfonamides is 1. The minimum Gasteiger partial charge on any atom is -0.478 e. The van der Waals surface area contributed by atoms with E-state index in [-0.39, 0.29) is 11.3 Å². The molecule has 1 aliphatic heterocycles. The number of aromatic carboxylic acids is 1. The summed E-state index contributed by atoms with van der Waals surface area (Å²) in [4.78, 5) is 10.9. The van der Waals surface area contributed by atoms with E-state index >= 15 is 0 Å². The Morgan fingerprint density at radius 2 is 1.95 bits per heavy atom. The molecule has 0 atom stereocenters. The zero-order valence-corrected chi connectivity index (χ0v) is 11.2. The summed E-state index contributed by atoms with van der Waals surface area (Å²) in [5.74, 6) is -0.433. The SMILES string of the molecule is O=C(O)c1ccc2c(c1)CN(S(=O)(=O)CC1CC1)C2. The number of carboxylic acids is 1. The molecule has 1 saturated carbocycles. The molecule has 102 valence electrons. The monoisotopic (exact) mass is 281 g/mol. The molecule has 1 aromatic rings. The van der Waals surface area contributed by atoms with Gasteiger partial charge in [0.25, 0.3) is 0 Å². The molecular formula is C13H15NO4S. The largest absolute Gasteiger partial charge is 0.478 e. The second kappa shape index (κ2) is 4.31. The molecule has 5 nitrogen and oxygen atoms in total. The Labute approximate surface area is 111 Å². The van der Waals surface area contributed by atoms with Crippen LogP contribution in [0.25, 0.3) is 0 Å². The number of hydrogen-bond acceptors (Lipinski definition) is 3. The van der Waals surface area contributed by atoms with Crippen LogP contribution in [0, 0.1) is 5.92 Å². The Morgan fingerprint density at radius 1 is 1.26 bits per heavy atom. The molecular weight excluding hydrogens is 266 g/mol. The third kappa shape index (κ3) is 2.50. The zero-order chi connectivity index (χ0) is 13.6. The van der Waals surface area contributed by atoms with E-state index in [1.165, 1.54) is 10.4 Å². The van der Waals surface area contributed by atoms with Gasteiger partial charge in [-0.15, -0.1) is 0 Å². The summed E-state index contributed by atoms with van der Waals surface area (Å²) in [6.07, 6.45) is 2.01. The minimum atomic E-state index is -3.21. The number of carbonyl (C=O) groups is 1. The molecule has 1 N–H and O–H groups in total. The molecule has 1 heterocycles. The van der Waals surface area contributed by atoms with Crippen molar-refractivity contribution in [1.82, 2.24) is 4.31 Å². The maximum Gasteiger partial charge on any atom is 0.335 e. The quantitative estimate of drug-likeness (QED) is 0.906. The number of hydrogen-bond donors (Lipinski definition) is 1. The van der Waals surface area contributed by atoms with E-state index in [0.29, 0.717) is 19.0 Å². The van der Waals surface area contributed by atoms with Crippen molar-refractivity contribution in [3.05, 3.63) is 34.9 Å². The fourth-order valence-corrected chi connectivity index (χ4v) is 4.19. The number of nitrogens with zero attached hydrogens (tertiary/aromatic N) is 1. The Balaban J connectivity index is 1.81. The van der Waals surface area contributed by atoms with Crippen molar-refractivity contribution in [3.63, 3.8) is 0 Å². The van der Waals surface area contributed by atoms with Crippen LogP contribution in [-0.4, -0.2) is 29.6 Å². The van der Waals surface area contributed by atoms with E-state index in [4.69, 9.17) is 5.11 Å². The Kier molecular flexibility index (Phi) is 2.87. The number of benzene rings is 1. The van der Waals surface area contributed by atoms with E-state index in [1.54, 1.807) is 12.1 Å². The first-order valence-electron chi connectivity index (χ1n) is 6.28. The lowest BCUT2D eigenvalue weighted by Crippen LogP contribution is -2.28. The van der Waals surface area contributed by atoms with Crippen molar-refractivity contribution in [2.75, 3.05) is 5.75 Å². The van der Waals surface area contributed by atoms with Gasteiger partial charge in [-0.3, -0.25) is 0 Å². The molecule has 0 bridgehead atoms. The smallest absolute Gasteiger partial charge is 0.335 e. The van der Waals surface area contributed by atoms with Crippen LogP contribution in [0.2, 0.25) is 0 Å². The zero-order valence-electron chi connectivity index (χ0n) is 10.4. The highest BCUT2D eigenvalue weighted by Crippen LogP contribution is 2.33. The highest BCUT2D eigenvalue weighted by atomic mass is 32.2. The lowest BCUT2D eigenvalue weighted by molar-refractivity contribution is 0.0696. The van der Waals surface area contributed by atoms with Crippen LogP contribution in [0.5, 0.6) is 0 Å². The van der Waals surface area contributed by atoms with Crippen LogP contribution >= 0.6 is 0 Å². The van der Waals surface area contributed by atoms with Crippen molar-refractivity contribution in [1.29, 1.82) is 0 Å². The van der Waals surface area contributed by atoms with Crippen LogP contribution < -0.4 is 0 Å². The van der Waals surface area contributed by atoms with E-state index in [2.05, 4.69) is 0 Å². The fraction of sp³-hybridized carbons (Fsp3) is 0.462. The van der Waals surface area contributed by atoms with Crippen molar-refractivity contribution in [3.8, 4) is 0 Å². The molecule has 1 fully saturated rings. The van der Waals surface area contributed by atoms with Gasteiger partial charge in [0.1, 0.15) is 0 Å². The molecule has 6 heteroatoms. The molecule has 0 saturated heterocycles. The van der Waals surface area contributed by atoms with Crippen molar-refractivity contribution in [2.24, 2.45) is 5.92 Å². The number of fused-ring (bicyclic) bond motifs is 1. The fourth-order valence-electron chi connectivity index (χ4n) is 2.38. The first kappa shape index (κ1) is 12.6.